The first-order valence-electron chi connectivity index (χ1n) is 7.39. The topological polar surface area (TPSA) is 64.0 Å². The molecule has 1 N–H and O–H groups in total. The van der Waals surface area contributed by atoms with E-state index in [9.17, 15) is 9.59 Å². The molecule has 24 heavy (non-hydrogen) atoms. The number of fused-ring (bicyclic) bond motifs is 1. The quantitative estimate of drug-likeness (QED) is 0.573. The number of aromatic nitrogens is 2. The maximum atomic E-state index is 12.2. The minimum absolute atomic E-state index is 0.0848. The van der Waals surface area contributed by atoms with E-state index in [0.29, 0.717) is 15.4 Å². The molecule has 5 nitrogen and oxygen atoms in total. The van der Waals surface area contributed by atoms with Crippen molar-refractivity contribution in [2.45, 2.75) is 19.0 Å². The summed E-state index contributed by atoms with van der Waals surface area (Å²) in [5, 5.41) is 5.90. The Hall–Kier alpha value is -2.12. The minimum Gasteiger partial charge on any atom is -0.325 e. The summed E-state index contributed by atoms with van der Waals surface area (Å²) in [5.41, 5.74) is 2.91. The van der Waals surface area contributed by atoms with Gasteiger partial charge in [0.05, 0.1) is 11.1 Å². The van der Waals surface area contributed by atoms with Crippen LogP contribution < -0.4 is 10.9 Å². The van der Waals surface area contributed by atoms with Gasteiger partial charge in [-0.3, -0.25) is 14.2 Å². The third-order valence-corrected chi connectivity index (χ3v) is 5.34. The number of benzene rings is 1. The van der Waals surface area contributed by atoms with E-state index in [2.05, 4.69) is 16.4 Å². The van der Waals surface area contributed by atoms with Crippen molar-refractivity contribution in [1.82, 2.24) is 9.55 Å². The van der Waals surface area contributed by atoms with Crippen molar-refractivity contribution >= 4 is 44.9 Å². The van der Waals surface area contributed by atoms with E-state index in [4.69, 9.17) is 0 Å². The van der Waals surface area contributed by atoms with Crippen LogP contribution >= 0.6 is 23.1 Å². The SMILES string of the molecule is Cc1cc(C)cc(NC(=O)CSc2nc3sccc3c(=O)n2C)c1. The Morgan fingerprint density at radius 3 is 2.71 bits per heavy atom. The lowest BCUT2D eigenvalue weighted by molar-refractivity contribution is -0.113. The van der Waals surface area contributed by atoms with Crippen LogP contribution in [0.15, 0.2) is 39.6 Å². The lowest BCUT2D eigenvalue weighted by Crippen LogP contribution is -2.20. The van der Waals surface area contributed by atoms with Gasteiger partial charge in [0.1, 0.15) is 4.83 Å². The fraction of sp³-hybridized carbons (Fsp3) is 0.235. The van der Waals surface area contributed by atoms with Gasteiger partial charge in [-0.2, -0.15) is 0 Å². The Labute approximate surface area is 147 Å². The second-order valence-corrected chi connectivity index (χ2v) is 7.45. The van der Waals surface area contributed by atoms with Crippen molar-refractivity contribution in [2.75, 3.05) is 11.1 Å². The molecule has 3 aromatic rings. The monoisotopic (exact) mass is 359 g/mol. The standard InChI is InChI=1S/C17H17N3O2S2/c1-10-6-11(2)8-12(7-10)18-14(21)9-24-17-19-15-13(4-5-23-15)16(22)20(17)3/h4-8H,9H2,1-3H3,(H,18,21). The average molecular weight is 359 g/mol. The Morgan fingerprint density at radius 2 is 2.00 bits per heavy atom. The third kappa shape index (κ3) is 3.52. The summed E-state index contributed by atoms with van der Waals surface area (Å²) in [6.07, 6.45) is 0. The van der Waals surface area contributed by atoms with Crippen molar-refractivity contribution in [2.24, 2.45) is 7.05 Å². The lowest BCUT2D eigenvalue weighted by Gasteiger charge is -2.09. The molecule has 0 saturated carbocycles. The second kappa shape index (κ2) is 6.78. The van der Waals surface area contributed by atoms with E-state index in [1.807, 2.05) is 31.4 Å². The highest BCUT2D eigenvalue weighted by molar-refractivity contribution is 7.99. The molecule has 0 atom stereocenters. The number of nitrogens with zero attached hydrogens (tertiary/aromatic N) is 2. The van der Waals surface area contributed by atoms with E-state index < -0.39 is 0 Å². The largest absolute Gasteiger partial charge is 0.325 e. The normalized spacial score (nSPS) is 11.0. The van der Waals surface area contributed by atoms with E-state index in [-0.39, 0.29) is 17.2 Å². The molecule has 0 bridgehead atoms. The molecule has 0 fully saturated rings. The Balaban J connectivity index is 1.72. The van der Waals surface area contributed by atoms with Gasteiger partial charge in [0.2, 0.25) is 5.91 Å². The maximum Gasteiger partial charge on any atom is 0.262 e. The summed E-state index contributed by atoms with van der Waals surface area (Å²) in [6.45, 7) is 3.99. The van der Waals surface area contributed by atoms with E-state index in [1.54, 1.807) is 13.1 Å². The molecule has 124 valence electrons. The smallest absolute Gasteiger partial charge is 0.262 e. The summed E-state index contributed by atoms with van der Waals surface area (Å²) in [5.74, 6) is 0.0787. The molecule has 1 aromatic carbocycles. The zero-order valence-electron chi connectivity index (χ0n) is 13.6. The highest BCUT2D eigenvalue weighted by Crippen LogP contribution is 2.21. The summed E-state index contributed by atoms with van der Waals surface area (Å²) in [6, 6.07) is 7.69. The van der Waals surface area contributed by atoms with Crippen LogP contribution in [0.25, 0.3) is 10.2 Å². The highest BCUT2D eigenvalue weighted by Gasteiger charge is 2.12. The number of anilines is 1. The van der Waals surface area contributed by atoms with Crippen LogP contribution in [0.5, 0.6) is 0 Å². The number of carbonyl (C=O) groups excluding carboxylic acids is 1. The number of thioether (sulfide) groups is 1. The van der Waals surface area contributed by atoms with Crippen LogP contribution in [0.2, 0.25) is 0 Å². The Bertz CT molecular complexity index is 955. The van der Waals surface area contributed by atoms with Crippen molar-refractivity contribution in [3.05, 3.63) is 51.1 Å². The van der Waals surface area contributed by atoms with Gasteiger partial charge >= 0.3 is 0 Å². The van der Waals surface area contributed by atoms with Gasteiger partial charge < -0.3 is 5.32 Å². The molecule has 3 rings (SSSR count). The predicted molar refractivity (Wildman–Crippen MR) is 100 cm³/mol. The number of amides is 1. The van der Waals surface area contributed by atoms with Crippen LogP contribution in [-0.4, -0.2) is 21.2 Å². The number of rotatable bonds is 4. The summed E-state index contributed by atoms with van der Waals surface area (Å²) in [4.78, 5) is 29.6. The zero-order chi connectivity index (χ0) is 17.3. The molecule has 0 aliphatic rings. The summed E-state index contributed by atoms with van der Waals surface area (Å²) >= 11 is 2.69. The molecule has 0 aliphatic heterocycles. The first-order chi connectivity index (χ1) is 11.4. The molecular weight excluding hydrogens is 342 g/mol. The minimum atomic E-state index is -0.120. The second-order valence-electron chi connectivity index (χ2n) is 5.61. The molecule has 2 heterocycles. The molecule has 1 amide bonds. The van der Waals surface area contributed by atoms with Gasteiger partial charge in [-0.1, -0.05) is 17.8 Å². The summed E-state index contributed by atoms with van der Waals surface area (Å²) < 4.78 is 1.49. The Morgan fingerprint density at radius 1 is 1.29 bits per heavy atom. The first kappa shape index (κ1) is 16.7. The number of thiophene rings is 1. The van der Waals surface area contributed by atoms with Gasteiger partial charge in [0.15, 0.2) is 5.16 Å². The predicted octanol–water partition coefficient (Wildman–Crippen LogP) is 3.34. The molecule has 0 saturated heterocycles. The number of hydrogen-bond donors (Lipinski definition) is 1. The highest BCUT2D eigenvalue weighted by atomic mass is 32.2. The zero-order valence-corrected chi connectivity index (χ0v) is 15.3. The molecule has 0 radical (unpaired) electrons. The summed E-state index contributed by atoms with van der Waals surface area (Å²) in [7, 11) is 1.68. The van der Waals surface area contributed by atoms with Gasteiger partial charge in [-0.15, -0.1) is 11.3 Å². The number of aryl methyl sites for hydroxylation is 2. The number of nitrogens with one attached hydrogen (secondary N) is 1. The number of carbonyl (C=O) groups is 1. The van der Waals surface area contributed by atoms with Gasteiger partial charge in [0.25, 0.3) is 5.56 Å². The maximum absolute atomic E-state index is 12.2. The first-order valence-corrected chi connectivity index (χ1v) is 9.26. The molecule has 7 heteroatoms. The molecular formula is C17H17N3O2S2. The van der Waals surface area contributed by atoms with Crippen LogP contribution in [-0.2, 0) is 11.8 Å². The van der Waals surface area contributed by atoms with Gasteiger partial charge in [0, 0.05) is 12.7 Å². The van der Waals surface area contributed by atoms with E-state index in [0.717, 1.165) is 16.8 Å². The molecule has 0 spiro atoms. The molecule has 0 unspecified atom stereocenters. The van der Waals surface area contributed by atoms with Crippen molar-refractivity contribution in [3.63, 3.8) is 0 Å². The Kier molecular flexibility index (Phi) is 4.73. The van der Waals surface area contributed by atoms with Gasteiger partial charge in [-0.05, 0) is 48.6 Å². The van der Waals surface area contributed by atoms with Crippen molar-refractivity contribution < 1.29 is 4.79 Å². The third-order valence-electron chi connectivity index (χ3n) is 3.50. The van der Waals surface area contributed by atoms with E-state index >= 15 is 0 Å². The van der Waals surface area contributed by atoms with E-state index in [1.165, 1.54) is 27.7 Å². The molecule has 2 aromatic heterocycles. The fourth-order valence-electron chi connectivity index (χ4n) is 2.48. The van der Waals surface area contributed by atoms with Crippen molar-refractivity contribution in [3.8, 4) is 0 Å². The van der Waals surface area contributed by atoms with Crippen LogP contribution in [0.1, 0.15) is 11.1 Å². The van der Waals surface area contributed by atoms with Crippen LogP contribution in [0.4, 0.5) is 5.69 Å². The van der Waals surface area contributed by atoms with Crippen LogP contribution in [0.3, 0.4) is 0 Å². The number of hydrogen-bond acceptors (Lipinski definition) is 5. The fourth-order valence-corrected chi connectivity index (χ4v) is 4.06. The molecule has 0 aliphatic carbocycles. The average Bonchev–Trinajstić information content (AvgIpc) is 2.97. The lowest BCUT2D eigenvalue weighted by atomic mass is 10.1. The van der Waals surface area contributed by atoms with Crippen molar-refractivity contribution in [1.29, 1.82) is 0 Å². The van der Waals surface area contributed by atoms with Gasteiger partial charge in [-0.25, -0.2) is 4.98 Å². The van der Waals surface area contributed by atoms with Crippen LogP contribution in [0, 0.1) is 13.8 Å².